The number of thioether (sulfide) groups is 1. The van der Waals surface area contributed by atoms with Crippen LogP contribution in [-0.2, 0) is 16.1 Å². The van der Waals surface area contributed by atoms with Crippen LogP contribution in [0.3, 0.4) is 0 Å². The number of amides is 1. The molecule has 1 aliphatic rings. The Bertz CT molecular complexity index is 795. The topological polar surface area (TPSA) is 55.4 Å². The number of hydrogen-bond acceptors (Lipinski definition) is 4. The molecule has 0 radical (unpaired) electrons. The molecule has 0 bridgehead atoms. The Balaban J connectivity index is 1.71. The molecule has 0 saturated carbocycles. The van der Waals surface area contributed by atoms with Gasteiger partial charge in [0.1, 0.15) is 6.61 Å². The Morgan fingerprint density at radius 2 is 2.04 bits per heavy atom. The van der Waals surface area contributed by atoms with Gasteiger partial charge in [-0.15, -0.1) is 11.8 Å². The van der Waals surface area contributed by atoms with Crippen LogP contribution in [-0.4, -0.2) is 17.6 Å². The highest BCUT2D eigenvalue weighted by Gasteiger charge is 2.18. The highest BCUT2D eigenvalue weighted by atomic mass is 35.5. The molecule has 0 atom stereocenters. The standard InChI is InChI=1S/C16H11Cl2NO3S/c17-11-3-1-10(12(18)6-11)7-22-16(21)9-2-4-14-13(5-9)19-15(20)8-23-14/h1-6H,7-8H2,(H,19,20). The number of nitrogens with one attached hydrogen (secondary N) is 1. The molecule has 0 aliphatic carbocycles. The number of carbonyl (C=O) groups is 2. The summed E-state index contributed by atoms with van der Waals surface area (Å²) < 4.78 is 5.27. The minimum Gasteiger partial charge on any atom is -0.457 e. The van der Waals surface area contributed by atoms with E-state index >= 15 is 0 Å². The molecular weight excluding hydrogens is 357 g/mol. The molecule has 1 N–H and O–H groups in total. The van der Waals surface area contributed by atoms with Gasteiger partial charge >= 0.3 is 5.97 Å². The lowest BCUT2D eigenvalue weighted by atomic mass is 10.2. The van der Waals surface area contributed by atoms with Gasteiger partial charge < -0.3 is 10.1 Å². The van der Waals surface area contributed by atoms with E-state index < -0.39 is 5.97 Å². The number of carbonyl (C=O) groups excluding carboxylic acids is 2. The van der Waals surface area contributed by atoms with Gasteiger partial charge in [0.15, 0.2) is 0 Å². The van der Waals surface area contributed by atoms with Gasteiger partial charge in [0.25, 0.3) is 0 Å². The van der Waals surface area contributed by atoms with Crippen molar-refractivity contribution in [3.05, 3.63) is 57.6 Å². The van der Waals surface area contributed by atoms with Crippen LogP contribution in [0.2, 0.25) is 10.0 Å². The zero-order valence-electron chi connectivity index (χ0n) is 11.8. The number of halogens is 2. The second-order valence-corrected chi connectivity index (χ2v) is 6.72. The molecule has 0 fully saturated rings. The van der Waals surface area contributed by atoms with Crippen LogP contribution in [0.1, 0.15) is 15.9 Å². The van der Waals surface area contributed by atoms with Crippen molar-refractivity contribution in [2.45, 2.75) is 11.5 Å². The van der Waals surface area contributed by atoms with E-state index in [0.717, 1.165) is 4.90 Å². The number of ether oxygens (including phenoxy) is 1. The van der Waals surface area contributed by atoms with E-state index in [1.165, 1.54) is 11.8 Å². The first-order valence-corrected chi connectivity index (χ1v) is 8.45. The molecule has 1 amide bonds. The van der Waals surface area contributed by atoms with E-state index in [1.54, 1.807) is 36.4 Å². The van der Waals surface area contributed by atoms with Gasteiger partial charge in [0.2, 0.25) is 5.91 Å². The fourth-order valence-corrected chi connectivity index (χ4v) is 3.33. The first kappa shape index (κ1) is 16.2. The van der Waals surface area contributed by atoms with Crippen LogP contribution < -0.4 is 5.32 Å². The predicted octanol–water partition coefficient (Wildman–Crippen LogP) is 4.39. The average Bonchev–Trinajstić information content (AvgIpc) is 2.53. The molecule has 2 aromatic carbocycles. The predicted molar refractivity (Wildman–Crippen MR) is 91.4 cm³/mol. The second-order valence-electron chi connectivity index (χ2n) is 4.86. The van der Waals surface area contributed by atoms with Crippen molar-refractivity contribution in [3.63, 3.8) is 0 Å². The Morgan fingerprint density at radius 3 is 2.83 bits per heavy atom. The number of benzene rings is 2. The van der Waals surface area contributed by atoms with Crippen molar-refractivity contribution in [1.82, 2.24) is 0 Å². The second kappa shape index (κ2) is 6.83. The molecule has 4 nitrogen and oxygen atoms in total. The maximum atomic E-state index is 12.2. The molecule has 3 rings (SSSR count). The fraction of sp³-hybridized carbons (Fsp3) is 0.125. The van der Waals surface area contributed by atoms with Gasteiger partial charge in [0.05, 0.1) is 17.0 Å². The van der Waals surface area contributed by atoms with Gasteiger partial charge in [-0.1, -0.05) is 29.3 Å². The molecule has 0 saturated heterocycles. The van der Waals surface area contributed by atoms with Gasteiger partial charge in [-0.3, -0.25) is 4.79 Å². The van der Waals surface area contributed by atoms with Crippen LogP contribution in [0, 0.1) is 0 Å². The third-order valence-electron chi connectivity index (χ3n) is 3.22. The minimum absolute atomic E-state index is 0.0486. The lowest BCUT2D eigenvalue weighted by Crippen LogP contribution is -2.19. The fourth-order valence-electron chi connectivity index (χ4n) is 2.08. The summed E-state index contributed by atoms with van der Waals surface area (Å²) in [6.07, 6.45) is 0. The first-order valence-electron chi connectivity index (χ1n) is 6.70. The van der Waals surface area contributed by atoms with E-state index in [-0.39, 0.29) is 12.5 Å². The summed E-state index contributed by atoms with van der Waals surface area (Å²) in [6.45, 7) is 0.0486. The summed E-state index contributed by atoms with van der Waals surface area (Å²) in [5.41, 5.74) is 1.67. The van der Waals surface area contributed by atoms with Crippen molar-refractivity contribution < 1.29 is 14.3 Å². The number of anilines is 1. The Labute approximate surface area is 147 Å². The Hall–Kier alpha value is -1.69. The van der Waals surface area contributed by atoms with Crippen LogP contribution in [0.4, 0.5) is 5.69 Å². The van der Waals surface area contributed by atoms with Crippen molar-refractivity contribution in [1.29, 1.82) is 0 Å². The third-order valence-corrected chi connectivity index (χ3v) is 4.88. The lowest BCUT2D eigenvalue weighted by Gasteiger charge is -2.16. The third kappa shape index (κ3) is 3.80. The van der Waals surface area contributed by atoms with E-state index in [0.29, 0.717) is 32.6 Å². The number of rotatable bonds is 3. The molecule has 0 spiro atoms. The van der Waals surface area contributed by atoms with Gasteiger partial charge in [-0.2, -0.15) is 0 Å². The maximum Gasteiger partial charge on any atom is 0.338 e. The first-order chi connectivity index (χ1) is 11.0. The highest BCUT2D eigenvalue weighted by molar-refractivity contribution is 8.00. The van der Waals surface area contributed by atoms with Crippen LogP contribution in [0.15, 0.2) is 41.3 Å². The Kier molecular flexibility index (Phi) is 4.80. The molecule has 118 valence electrons. The quantitative estimate of drug-likeness (QED) is 0.817. The SMILES string of the molecule is O=C1CSc2ccc(C(=O)OCc3ccc(Cl)cc3Cl)cc2N1. The number of fused-ring (bicyclic) bond motifs is 1. The largest absolute Gasteiger partial charge is 0.457 e. The van der Waals surface area contributed by atoms with Crippen LogP contribution in [0.25, 0.3) is 0 Å². The van der Waals surface area contributed by atoms with Crippen molar-refractivity contribution in [2.24, 2.45) is 0 Å². The lowest BCUT2D eigenvalue weighted by molar-refractivity contribution is -0.113. The molecule has 0 unspecified atom stereocenters. The summed E-state index contributed by atoms with van der Waals surface area (Å²) in [5.74, 6) is -0.184. The Morgan fingerprint density at radius 1 is 1.22 bits per heavy atom. The van der Waals surface area contributed by atoms with Gasteiger partial charge in [-0.25, -0.2) is 4.79 Å². The maximum absolute atomic E-state index is 12.2. The van der Waals surface area contributed by atoms with E-state index in [1.807, 2.05) is 0 Å². The average molecular weight is 368 g/mol. The van der Waals surface area contributed by atoms with Crippen molar-refractivity contribution in [3.8, 4) is 0 Å². The molecular formula is C16H11Cl2NO3S. The van der Waals surface area contributed by atoms with E-state index in [4.69, 9.17) is 27.9 Å². The smallest absolute Gasteiger partial charge is 0.338 e. The summed E-state index contributed by atoms with van der Waals surface area (Å²) >= 11 is 13.3. The minimum atomic E-state index is -0.483. The molecule has 1 aliphatic heterocycles. The summed E-state index contributed by atoms with van der Waals surface area (Å²) in [5, 5.41) is 3.71. The molecule has 7 heteroatoms. The number of esters is 1. The van der Waals surface area contributed by atoms with Crippen molar-refractivity contribution in [2.75, 3.05) is 11.1 Å². The van der Waals surface area contributed by atoms with Gasteiger partial charge in [0, 0.05) is 20.5 Å². The molecule has 1 heterocycles. The molecule has 23 heavy (non-hydrogen) atoms. The number of hydrogen-bond donors (Lipinski definition) is 1. The van der Waals surface area contributed by atoms with Gasteiger partial charge in [-0.05, 0) is 30.3 Å². The summed E-state index contributed by atoms with van der Waals surface area (Å²) in [4.78, 5) is 24.5. The van der Waals surface area contributed by atoms with Crippen molar-refractivity contribution >= 4 is 52.5 Å². The van der Waals surface area contributed by atoms with E-state index in [2.05, 4.69) is 5.32 Å². The zero-order valence-corrected chi connectivity index (χ0v) is 14.1. The van der Waals surface area contributed by atoms with E-state index in [9.17, 15) is 9.59 Å². The van der Waals surface area contributed by atoms with Crippen LogP contribution in [0.5, 0.6) is 0 Å². The highest BCUT2D eigenvalue weighted by Crippen LogP contribution is 2.32. The molecule has 2 aromatic rings. The normalized spacial score (nSPS) is 13.2. The summed E-state index contributed by atoms with van der Waals surface area (Å²) in [6, 6.07) is 10.1. The monoisotopic (exact) mass is 367 g/mol. The van der Waals surface area contributed by atoms with Crippen LogP contribution >= 0.6 is 35.0 Å². The zero-order chi connectivity index (χ0) is 16.4. The molecule has 0 aromatic heterocycles. The summed E-state index contributed by atoms with van der Waals surface area (Å²) in [7, 11) is 0.